The van der Waals surface area contributed by atoms with Gasteiger partial charge in [0.05, 0.1) is 36.8 Å². The third-order valence-electron chi connectivity index (χ3n) is 3.99. The number of aromatic nitrogens is 2. The summed E-state index contributed by atoms with van der Waals surface area (Å²) in [7, 11) is 0. The van der Waals surface area contributed by atoms with E-state index in [0.29, 0.717) is 13.2 Å². The normalized spacial score (nSPS) is 25.0. The van der Waals surface area contributed by atoms with E-state index in [4.69, 9.17) is 10.5 Å². The molecule has 2 heterocycles. The maximum absolute atomic E-state index is 12.4. The van der Waals surface area contributed by atoms with Crippen molar-refractivity contribution in [1.29, 1.82) is 0 Å². The van der Waals surface area contributed by atoms with Gasteiger partial charge in [-0.3, -0.25) is 4.79 Å². The van der Waals surface area contributed by atoms with Crippen molar-refractivity contribution < 1.29 is 9.53 Å². The van der Waals surface area contributed by atoms with E-state index in [1.54, 1.807) is 12.5 Å². The van der Waals surface area contributed by atoms with Crippen LogP contribution in [0.5, 0.6) is 0 Å². The van der Waals surface area contributed by atoms with Gasteiger partial charge in [0.1, 0.15) is 0 Å². The number of H-pyrrole nitrogens is 1. The van der Waals surface area contributed by atoms with Crippen LogP contribution in [0.2, 0.25) is 0 Å². The molecule has 3 rings (SSSR count). The van der Waals surface area contributed by atoms with Crippen LogP contribution in [-0.4, -0.2) is 35.1 Å². The number of anilines is 1. The molecule has 2 aromatic rings. The molecule has 1 aromatic heterocycles. The molecule has 6 nitrogen and oxygen atoms in total. The van der Waals surface area contributed by atoms with Gasteiger partial charge in [0.2, 0.25) is 5.91 Å². The molecule has 6 heteroatoms. The second-order valence-corrected chi connectivity index (χ2v) is 5.54. The zero-order valence-electron chi connectivity index (χ0n) is 11.8. The number of benzene rings is 1. The first kappa shape index (κ1) is 13.8. The zero-order valence-corrected chi connectivity index (χ0v) is 11.8. The number of aromatic amines is 1. The minimum absolute atomic E-state index is 0.109. The summed E-state index contributed by atoms with van der Waals surface area (Å²) in [4.78, 5) is 19.4. The van der Waals surface area contributed by atoms with E-state index in [2.05, 4.69) is 15.3 Å². The number of nitrogens with one attached hydrogen (secondary N) is 2. The Bertz CT molecular complexity index is 624. The van der Waals surface area contributed by atoms with Crippen molar-refractivity contribution >= 4 is 11.6 Å². The van der Waals surface area contributed by atoms with E-state index in [9.17, 15) is 4.79 Å². The van der Waals surface area contributed by atoms with Crippen LogP contribution >= 0.6 is 0 Å². The maximum Gasteiger partial charge on any atom is 0.234 e. The number of hydrogen-bond acceptors (Lipinski definition) is 4. The van der Waals surface area contributed by atoms with Gasteiger partial charge in [-0.15, -0.1) is 0 Å². The summed E-state index contributed by atoms with van der Waals surface area (Å²) in [6.07, 6.45) is 3.39. The van der Waals surface area contributed by atoms with Gasteiger partial charge in [-0.2, -0.15) is 0 Å². The summed E-state index contributed by atoms with van der Waals surface area (Å²) in [6, 6.07) is 7.30. The van der Waals surface area contributed by atoms with Crippen LogP contribution in [0.1, 0.15) is 6.92 Å². The average Bonchev–Trinajstić information content (AvgIpc) is 3.12. The van der Waals surface area contributed by atoms with Gasteiger partial charge in [-0.1, -0.05) is 12.1 Å². The van der Waals surface area contributed by atoms with Crippen molar-refractivity contribution in [3.63, 3.8) is 0 Å². The van der Waals surface area contributed by atoms with Gasteiger partial charge < -0.3 is 20.8 Å². The minimum atomic E-state index is -0.679. The molecule has 1 aromatic carbocycles. The fraction of sp³-hybridized carbons (Fsp3) is 0.333. The fourth-order valence-electron chi connectivity index (χ4n) is 2.34. The number of amides is 1. The lowest BCUT2D eigenvalue weighted by Crippen LogP contribution is -2.47. The lowest BCUT2D eigenvalue weighted by atomic mass is 9.85. The maximum atomic E-state index is 12.4. The average molecular weight is 286 g/mol. The first-order chi connectivity index (χ1) is 10.1. The topological polar surface area (TPSA) is 93.0 Å². The molecule has 1 amide bonds. The van der Waals surface area contributed by atoms with E-state index in [1.165, 1.54) is 0 Å². The second-order valence-electron chi connectivity index (χ2n) is 5.54. The molecule has 0 spiro atoms. The summed E-state index contributed by atoms with van der Waals surface area (Å²) in [5.41, 5.74) is 7.97. The van der Waals surface area contributed by atoms with Gasteiger partial charge in [-0.25, -0.2) is 4.98 Å². The molecule has 21 heavy (non-hydrogen) atoms. The summed E-state index contributed by atoms with van der Waals surface area (Å²) in [5.74, 6) is -0.109. The van der Waals surface area contributed by atoms with Crippen molar-refractivity contribution in [3.05, 3.63) is 36.8 Å². The molecule has 1 saturated heterocycles. The lowest BCUT2D eigenvalue weighted by Gasteiger charge is -2.25. The Hall–Kier alpha value is -2.18. The van der Waals surface area contributed by atoms with Gasteiger partial charge in [0, 0.05) is 11.7 Å². The van der Waals surface area contributed by atoms with Crippen LogP contribution in [-0.2, 0) is 9.53 Å². The van der Waals surface area contributed by atoms with Crippen LogP contribution in [0, 0.1) is 5.41 Å². The third-order valence-corrected chi connectivity index (χ3v) is 3.99. The molecule has 0 aliphatic carbocycles. The molecular formula is C15H18N4O2. The number of rotatable bonds is 3. The van der Waals surface area contributed by atoms with E-state index in [-0.39, 0.29) is 11.9 Å². The van der Waals surface area contributed by atoms with Crippen molar-refractivity contribution in [2.45, 2.75) is 13.0 Å². The van der Waals surface area contributed by atoms with Gasteiger partial charge in [0.15, 0.2) is 0 Å². The number of nitrogens with two attached hydrogens (primary N) is 1. The Morgan fingerprint density at radius 1 is 1.48 bits per heavy atom. The van der Waals surface area contributed by atoms with Crippen molar-refractivity contribution in [2.24, 2.45) is 11.1 Å². The predicted molar refractivity (Wildman–Crippen MR) is 79.6 cm³/mol. The van der Waals surface area contributed by atoms with E-state index >= 15 is 0 Å². The summed E-state index contributed by atoms with van der Waals surface area (Å²) in [5, 5.41) is 2.90. The Labute approximate surface area is 122 Å². The first-order valence-electron chi connectivity index (χ1n) is 6.83. The SMILES string of the molecule is CC1(C(=O)Nc2ccc(-c3cnc[nH]3)cc2)COCC1N. The van der Waals surface area contributed by atoms with Crippen LogP contribution in [0.15, 0.2) is 36.8 Å². The molecule has 1 aliphatic rings. The molecule has 0 bridgehead atoms. The van der Waals surface area contributed by atoms with Crippen molar-refractivity contribution in [2.75, 3.05) is 18.5 Å². The Morgan fingerprint density at radius 2 is 2.24 bits per heavy atom. The standard InChI is InChI=1S/C15H18N4O2/c1-15(8-21-7-13(15)16)14(20)19-11-4-2-10(3-5-11)12-6-17-9-18-12/h2-6,9,13H,7-8,16H2,1H3,(H,17,18)(H,19,20). The number of imidazole rings is 1. The summed E-state index contributed by atoms with van der Waals surface area (Å²) < 4.78 is 5.30. The number of carbonyl (C=O) groups is 1. The van der Waals surface area contributed by atoms with E-state index in [1.807, 2.05) is 31.2 Å². The molecule has 1 aliphatic heterocycles. The molecule has 0 saturated carbocycles. The van der Waals surface area contributed by atoms with Crippen LogP contribution in [0.4, 0.5) is 5.69 Å². The highest BCUT2D eigenvalue weighted by molar-refractivity contribution is 5.96. The Morgan fingerprint density at radius 3 is 2.81 bits per heavy atom. The zero-order chi connectivity index (χ0) is 14.9. The van der Waals surface area contributed by atoms with E-state index in [0.717, 1.165) is 16.9 Å². The number of carbonyl (C=O) groups excluding carboxylic acids is 1. The molecule has 1 fully saturated rings. The Balaban J connectivity index is 1.72. The van der Waals surface area contributed by atoms with E-state index < -0.39 is 5.41 Å². The number of nitrogens with zero attached hydrogens (tertiary/aromatic N) is 1. The van der Waals surface area contributed by atoms with Crippen molar-refractivity contribution in [3.8, 4) is 11.3 Å². The van der Waals surface area contributed by atoms with Gasteiger partial charge >= 0.3 is 0 Å². The highest BCUT2D eigenvalue weighted by Gasteiger charge is 2.44. The fourth-order valence-corrected chi connectivity index (χ4v) is 2.34. The van der Waals surface area contributed by atoms with Gasteiger partial charge in [0.25, 0.3) is 0 Å². The quantitative estimate of drug-likeness (QED) is 0.794. The molecule has 4 N–H and O–H groups in total. The van der Waals surface area contributed by atoms with Crippen LogP contribution in [0.3, 0.4) is 0 Å². The predicted octanol–water partition coefficient (Wildman–Crippen LogP) is 1.38. The number of ether oxygens (including phenoxy) is 1. The monoisotopic (exact) mass is 286 g/mol. The second kappa shape index (κ2) is 5.31. The molecule has 2 unspecified atom stereocenters. The largest absolute Gasteiger partial charge is 0.379 e. The molecular weight excluding hydrogens is 268 g/mol. The third kappa shape index (κ3) is 2.55. The molecule has 0 radical (unpaired) electrons. The highest BCUT2D eigenvalue weighted by Crippen LogP contribution is 2.29. The van der Waals surface area contributed by atoms with Crippen LogP contribution in [0.25, 0.3) is 11.3 Å². The van der Waals surface area contributed by atoms with Crippen LogP contribution < -0.4 is 11.1 Å². The molecule has 2 atom stereocenters. The minimum Gasteiger partial charge on any atom is -0.379 e. The summed E-state index contributed by atoms with van der Waals surface area (Å²) in [6.45, 7) is 2.61. The lowest BCUT2D eigenvalue weighted by molar-refractivity contribution is -0.125. The highest BCUT2D eigenvalue weighted by atomic mass is 16.5. The first-order valence-corrected chi connectivity index (χ1v) is 6.83. The molecule has 110 valence electrons. The van der Waals surface area contributed by atoms with Crippen molar-refractivity contribution in [1.82, 2.24) is 9.97 Å². The van der Waals surface area contributed by atoms with Gasteiger partial charge in [-0.05, 0) is 24.6 Å². The number of hydrogen-bond donors (Lipinski definition) is 3. The summed E-state index contributed by atoms with van der Waals surface area (Å²) >= 11 is 0. The Kier molecular flexibility index (Phi) is 3.48. The smallest absolute Gasteiger partial charge is 0.234 e.